The molecule has 1 aliphatic carbocycles. The lowest BCUT2D eigenvalue weighted by molar-refractivity contribution is 0.0519. The molecule has 1 saturated carbocycles. The molecule has 0 aromatic carbocycles. The molecule has 8 nitrogen and oxygen atoms in total. The van der Waals surface area contributed by atoms with Crippen LogP contribution in [0.3, 0.4) is 0 Å². The zero-order valence-corrected chi connectivity index (χ0v) is 16.5. The number of hydrogen-bond donors (Lipinski definition) is 0. The van der Waals surface area contributed by atoms with Gasteiger partial charge >= 0.3 is 0 Å². The summed E-state index contributed by atoms with van der Waals surface area (Å²) in [6.07, 6.45) is 7.35. The first-order valence-electron chi connectivity index (χ1n) is 9.62. The zero-order valence-electron chi connectivity index (χ0n) is 15.7. The molecule has 2 aliphatic rings. The fourth-order valence-electron chi connectivity index (χ4n) is 4.23. The number of furan rings is 1. The van der Waals surface area contributed by atoms with E-state index in [1.807, 2.05) is 4.90 Å². The second-order valence-corrected chi connectivity index (χ2v) is 7.15. The van der Waals surface area contributed by atoms with Gasteiger partial charge in [0.2, 0.25) is 0 Å². The Morgan fingerprint density at radius 3 is 2.63 bits per heavy atom. The first-order valence-corrected chi connectivity index (χ1v) is 9.62. The van der Waals surface area contributed by atoms with Crippen LogP contribution in [0.15, 0.2) is 22.8 Å². The Labute approximate surface area is 165 Å². The predicted molar refractivity (Wildman–Crippen MR) is 102 cm³/mol. The lowest BCUT2D eigenvalue weighted by Crippen LogP contribution is -2.50. The average Bonchev–Trinajstić information content (AvgIpc) is 3.43. The van der Waals surface area contributed by atoms with Gasteiger partial charge in [-0.15, -0.1) is 17.5 Å². The highest BCUT2D eigenvalue weighted by atomic mass is 35.5. The van der Waals surface area contributed by atoms with Gasteiger partial charge < -0.3 is 9.32 Å². The third-order valence-corrected chi connectivity index (χ3v) is 5.65. The van der Waals surface area contributed by atoms with Gasteiger partial charge in [-0.3, -0.25) is 9.69 Å². The Bertz CT molecular complexity index is 720. The van der Waals surface area contributed by atoms with Gasteiger partial charge in [-0.1, -0.05) is 19.8 Å². The number of nitrogens with zero attached hydrogens (tertiary/aromatic N) is 6. The number of amides is 1. The summed E-state index contributed by atoms with van der Waals surface area (Å²) < 4.78 is 7.30. The highest BCUT2D eigenvalue weighted by Gasteiger charge is 2.32. The van der Waals surface area contributed by atoms with Crippen molar-refractivity contribution in [2.75, 3.05) is 26.2 Å². The average molecular weight is 395 g/mol. The van der Waals surface area contributed by atoms with Gasteiger partial charge in [0.05, 0.1) is 18.3 Å². The van der Waals surface area contributed by atoms with Crippen LogP contribution in [-0.2, 0) is 0 Å². The van der Waals surface area contributed by atoms with Crippen LogP contribution in [0.25, 0.3) is 0 Å². The summed E-state index contributed by atoms with van der Waals surface area (Å²) in [5.74, 6) is 1.36. The number of aromatic nitrogens is 4. The standard InChI is InChI=1S/C18H26N6O2.ClH/c1-2-15(17-19-20-21-24(17)14-6-3-4-7-14)22-9-11-23(12-10-22)18(25)16-8-5-13-26-16;/h5,8,13-15H,2-4,6-7,9-12H2,1H3;1H. The van der Waals surface area contributed by atoms with Gasteiger partial charge in [0.25, 0.3) is 5.91 Å². The largest absolute Gasteiger partial charge is 0.459 e. The predicted octanol–water partition coefficient (Wildman–Crippen LogP) is 2.71. The Morgan fingerprint density at radius 1 is 1.26 bits per heavy atom. The number of carbonyl (C=O) groups excluding carboxylic acids is 1. The molecule has 4 rings (SSSR count). The third kappa shape index (κ3) is 4.01. The number of carbonyl (C=O) groups is 1. The highest BCUT2D eigenvalue weighted by molar-refractivity contribution is 5.91. The highest BCUT2D eigenvalue weighted by Crippen LogP contribution is 2.32. The number of hydrogen-bond acceptors (Lipinski definition) is 6. The molecule has 148 valence electrons. The summed E-state index contributed by atoms with van der Waals surface area (Å²) in [6, 6.07) is 4.11. The van der Waals surface area contributed by atoms with Gasteiger partial charge in [0.1, 0.15) is 0 Å². The molecule has 9 heteroatoms. The smallest absolute Gasteiger partial charge is 0.289 e. The maximum absolute atomic E-state index is 12.4. The van der Waals surface area contributed by atoms with E-state index < -0.39 is 0 Å². The molecule has 1 aliphatic heterocycles. The fraction of sp³-hybridized carbons (Fsp3) is 0.667. The number of tetrazole rings is 1. The maximum atomic E-state index is 12.4. The van der Waals surface area contributed by atoms with Crippen LogP contribution in [-0.4, -0.2) is 62.1 Å². The van der Waals surface area contributed by atoms with E-state index in [2.05, 4.69) is 32.0 Å². The van der Waals surface area contributed by atoms with Crippen molar-refractivity contribution in [1.82, 2.24) is 30.0 Å². The minimum Gasteiger partial charge on any atom is -0.459 e. The molecule has 0 spiro atoms. The summed E-state index contributed by atoms with van der Waals surface area (Å²) in [5.41, 5.74) is 0. The molecule has 1 atom stereocenters. The number of piperazine rings is 1. The lowest BCUT2D eigenvalue weighted by Gasteiger charge is -2.38. The topological polar surface area (TPSA) is 80.3 Å². The van der Waals surface area contributed by atoms with E-state index in [1.54, 1.807) is 18.4 Å². The van der Waals surface area contributed by atoms with Gasteiger partial charge in [0, 0.05) is 26.2 Å². The maximum Gasteiger partial charge on any atom is 0.289 e. The SMILES string of the molecule is CCC(c1nnnn1C1CCCC1)N1CCN(C(=O)c2ccco2)CC1.Cl. The summed E-state index contributed by atoms with van der Waals surface area (Å²) in [7, 11) is 0. The van der Waals surface area contributed by atoms with Crippen LogP contribution >= 0.6 is 12.4 Å². The van der Waals surface area contributed by atoms with Crippen LogP contribution in [0, 0.1) is 0 Å². The molecule has 0 radical (unpaired) electrons. The van der Waals surface area contributed by atoms with Crippen LogP contribution in [0.2, 0.25) is 0 Å². The monoisotopic (exact) mass is 394 g/mol. The van der Waals surface area contributed by atoms with Crippen molar-refractivity contribution >= 4 is 18.3 Å². The van der Waals surface area contributed by atoms with E-state index in [0.717, 1.165) is 25.3 Å². The summed E-state index contributed by atoms with van der Waals surface area (Å²) in [6.45, 7) is 5.21. The summed E-state index contributed by atoms with van der Waals surface area (Å²) >= 11 is 0. The van der Waals surface area contributed by atoms with E-state index in [9.17, 15) is 4.79 Å². The minimum absolute atomic E-state index is 0. The Hall–Kier alpha value is -1.93. The fourth-order valence-corrected chi connectivity index (χ4v) is 4.23. The Balaban J connectivity index is 0.00000210. The molecule has 3 heterocycles. The van der Waals surface area contributed by atoms with Crippen molar-refractivity contribution in [2.45, 2.75) is 51.1 Å². The minimum atomic E-state index is -0.0292. The van der Waals surface area contributed by atoms with E-state index in [4.69, 9.17) is 4.42 Å². The van der Waals surface area contributed by atoms with Gasteiger partial charge in [0.15, 0.2) is 11.6 Å². The van der Waals surface area contributed by atoms with Crippen molar-refractivity contribution in [3.63, 3.8) is 0 Å². The first-order chi connectivity index (χ1) is 12.8. The number of halogens is 1. The first kappa shape index (κ1) is 19.8. The van der Waals surface area contributed by atoms with Gasteiger partial charge in [-0.05, 0) is 41.8 Å². The molecular formula is C18H27ClN6O2. The second-order valence-electron chi connectivity index (χ2n) is 7.15. The zero-order chi connectivity index (χ0) is 17.9. The van der Waals surface area contributed by atoms with Gasteiger partial charge in [-0.2, -0.15) is 0 Å². The van der Waals surface area contributed by atoms with Gasteiger partial charge in [-0.25, -0.2) is 4.68 Å². The van der Waals surface area contributed by atoms with Crippen molar-refractivity contribution in [1.29, 1.82) is 0 Å². The second kappa shape index (κ2) is 8.84. The summed E-state index contributed by atoms with van der Waals surface area (Å²) in [5, 5.41) is 12.6. The quantitative estimate of drug-likeness (QED) is 0.775. The third-order valence-electron chi connectivity index (χ3n) is 5.65. The van der Waals surface area contributed by atoms with E-state index in [0.29, 0.717) is 24.9 Å². The molecular weight excluding hydrogens is 368 g/mol. The lowest BCUT2D eigenvalue weighted by atomic mass is 10.1. The molecule has 0 N–H and O–H groups in total. The van der Waals surface area contributed by atoms with Crippen molar-refractivity contribution in [2.24, 2.45) is 0 Å². The molecule has 1 saturated heterocycles. The molecule has 2 fully saturated rings. The summed E-state index contributed by atoms with van der Waals surface area (Å²) in [4.78, 5) is 16.7. The van der Waals surface area contributed by atoms with E-state index in [-0.39, 0.29) is 24.4 Å². The molecule has 27 heavy (non-hydrogen) atoms. The molecule has 0 bridgehead atoms. The molecule has 1 unspecified atom stereocenters. The van der Waals surface area contributed by atoms with Crippen molar-refractivity contribution in [3.05, 3.63) is 30.0 Å². The van der Waals surface area contributed by atoms with Crippen LogP contribution in [0.1, 0.15) is 67.5 Å². The van der Waals surface area contributed by atoms with Crippen LogP contribution in [0.5, 0.6) is 0 Å². The van der Waals surface area contributed by atoms with Crippen LogP contribution in [0.4, 0.5) is 0 Å². The van der Waals surface area contributed by atoms with Crippen molar-refractivity contribution in [3.8, 4) is 0 Å². The number of rotatable bonds is 5. The molecule has 2 aromatic heterocycles. The molecule has 1 amide bonds. The van der Waals surface area contributed by atoms with Crippen molar-refractivity contribution < 1.29 is 9.21 Å². The van der Waals surface area contributed by atoms with E-state index >= 15 is 0 Å². The Morgan fingerprint density at radius 2 is 2.00 bits per heavy atom. The normalized spacial score (nSPS) is 19.8. The van der Waals surface area contributed by atoms with E-state index in [1.165, 1.54) is 25.7 Å². The van der Waals surface area contributed by atoms with Crippen LogP contribution < -0.4 is 0 Å². The Kier molecular flexibility index (Phi) is 6.49. The molecule has 2 aromatic rings.